The predicted octanol–water partition coefficient (Wildman–Crippen LogP) is 7.33. The molecule has 0 heteroatoms. The van der Waals surface area contributed by atoms with Crippen LogP contribution >= 0.6 is 0 Å². The summed E-state index contributed by atoms with van der Waals surface area (Å²) >= 11 is 0. The van der Waals surface area contributed by atoms with Gasteiger partial charge >= 0.3 is 0 Å². The second-order valence-electron chi connectivity index (χ2n) is 7.91. The van der Waals surface area contributed by atoms with Crippen LogP contribution in [0, 0.1) is 35.5 Å². The van der Waals surface area contributed by atoms with Crippen LogP contribution in [-0.4, -0.2) is 0 Å². The van der Waals surface area contributed by atoms with Gasteiger partial charge in [0.15, 0.2) is 0 Å². The van der Waals surface area contributed by atoms with E-state index in [1.165, 1.54) is 76.2 Å². The van der Waals surface area contributed by atoms with Crippen LogP contribution in [0.25, 0.3) is 0 Å². The average Bonchev–Trinajstić information content (AvgIpc) is 2.71. The third-order valence-electron chi connectivity index (χ3n) is 5.59. The normalized spacial score (nSPS) is 19.2. The number of allylic oxidation sites excluding steroid dienone is 2. The summed E-state index contributed by atoms with van der Waals surface area (Å²) in [7, 11) is 0. The third kappa shape index (κ3) is 9.02. The van der Waals surface area contributed by atoms with Crippen LogP contribution in [0.15, 0.2) is 36.4 Å². The number of unbranched alkanes of at least 4 members (excludes halogenated alkanes) is 3. The van der Waals surface area contributed by atoms with Crippen molar-refractivity contribution in [3.63, 3.8) is 0 Å². The molecule has 0 bridgehead atoms. The zero-order chi connectivity index (χ0) is 19.2. The molecule has 0 nitrogen and oxygen atoms in total. The Labute approximate surface area is 167 Å². The molecule has 0 unspecified atom stereocenters. The van der Waals surface area contributed by atoms with E-state index in [2.05, 4.69) is 61.8 Å². The Morgan fingerprint density at radius 3 is 2.26 bits per heavy atom. The van der Waals surface area contributed by atoms with Crippen LogP contribution in [-0.2, 0) is 6.42 Å². The molecule has 1 aromatic carbocycles. The van der Waals surface area contributed by atoms with Gasteiger partial charge in [-0.3, -0.25) is 0 Å². The fraction of sp³-hybridized carbons (Fsp3) is 0.556. The van der Waals surface area contributed by atoms with E-state index < -0.39 is 0 Å². The quantitative estimate of drug-likeness (QED) is 0.353. The fourth-order valence-electron chi connectivity index (χ4n) is 3.79. The summed E-state index contributed by atoms with van der Waals surface area (Å²) in [5.74, 6) is 14.5. The second kappa shape index (κ2) is 13.3. The van der Waals surface area contributed by atoms with E-state index >= 15 is 0 Å². The molecule has 1 fully saturated rings. The van der Waals surface area contributed by atoms with Crippen molar-refractivity contribution in [2.75, 3.05) is 0 Å². The molecule has 1 saturated carbocycles. The highest BCUT2D eigenvalue weighted by molar-refractivity contribution is 5.39. The Hall–Kier alpha value is -1.92. The van der Waals surface area contributed by atoms with Gasteiger partial charge in [-0.25, -0.2) is 0 Å². The minimum atomic E-state index is 0.598. The minimum Gasteiger partial charge on any atom is -0.0951 e. The molecule has 0 aromatic heterocycles. The van der Waals surface area contributed by atoms with Crippen molar-refractivity contribution in [1.29, 1.82) is 0 Å². The van der Waals surface area contributed by atoms with Crippen LogP contribution in [0.5, 0.6) is 0 Å². The lowest BCUT2D eigenvalue weighted by atomic mass is 9.80. The minimum absolute atomic E-state index is 0.598. The first kappa shape index (κ1) is 21.4. The molecule has 2 rings (SSSR count). The summed E-state index contributed by atoms with van der Waals surface area (Å²) in [6.45, 7) is 4.52. The van der Waals surface area contributed by atoms with E-state index in [1.54, 1.807) is 0 Å². The molecule has 0 N–H and O–H groups in total. The highest BCUT2D eigenvalue weighted by Crippen LogP contribution is 2.31. The van der Waals surface area contributed by atoms with Crippen LogP contribution in [0.4, 0.5) is 0 Å². The molecule has 1 aliphatic rings. The number of benzene rings is 1. The summed E-state index contributed by atoms with van der Waals surface area (Å²) in [4.78, 5) is 0. The van der Waals surface area contributed by atoms with Gasteiger partial charge in [-0.05, 0) is 74.3 Å². The predicted molar refractivity (Wildman–Crippen MR) is 118 cm³/mol. The van der Waals surface area contributed by atoms with Crippen LogP contribution in [0.3, 0.4) is 0 Å². The SMILES string of the molecule is CCCCC[C@H]1CC[C@H](C#C/C=C/C#Cc2ccc(CCCC)cc2)CC1. The molecular formula is C27H36. The average molecular weight is 361 g/mol. The maximum atomic E-state index is 3.43. The summed E-state index contributed by atoms with van der Waals surface area (Å²) in [5, 5.41) is 0. The molecular weight excluding hydrogens is 324 g/mol. The van der Waals surface area contributed by atoms with Crippen molar-refractivity contribution in [2.24, 2.45) is 11.8 Å². The van der Waals surface area contributed by atoms with Crippen molar-refractivity contribution < 1.29 is 0 Å². The first-order valence-corrected chi connectivity index (χ1v) is 11.1. The molecule has 27 heavy (non-hydrogen) atoms. The van der Waals surface area contributed by atoms with Gasteiger partial charge in [-0.1, -0.05) is 81.8 Å². The Morgan fingerprint density at radius 1 is 0.852 bits per heavy atom. The van der Waals surface area contributed by atoms with Crippen molar-refractivity contribution in [2.45, 2.75) is 84.5 Å². The van der Waals surface area contributed by atoms with Gasteiger partial charge in [0.05, 0.1) is 0 Å². The largest absolute Gasteiger partial charge is 0.0951 e. The van der Waals surface area contributed by atoms with E-state index in [1.807, 2.05) is 12.2 Å². The summed E-state index contributed by atoms with van der Waals surface area (Å²) < 4.78 is 0. The topological polar surface area (TPSA) is 0 Å². The van der Waals surface area contributed by atoms with Crippen molar-refractivity contribution in [3.8, 4) is 23.7 Å². The monoisotopic (exact) mass is 360 g/mol. The van der Waals surface area contributed by atoms with Crippen LogP contribution in [0.1, 0.15) is 89.2 Å². The molecule has 1 aliphatic carbocycles. The number of aryl methyl sites for hydroxylation is 1. The molecule has 1 aromatic rings. The number of rotatable bonds is 7. The highest BCUT2D eigenvalue weighted by atomic mass is 14.2. The Kier molecular flexibility index (Phi) is 10.5. The molecule has 0 atom stereocenters. The van der Waals surface area contributed by atoms with Gasteiger partial charge in [-0.15, -0.1) is 0 Å². The third-order valence-corrected chi connectivity index (χ3v) is 5.59. The summed E-state index contributed by atoms with van der Waals surface area (Å²) in [6.07, 6.45) is 18.4. The zero-order valence-corrected chi connectivity index (χ0v) is 17.4. The lowest BCUT2D eigenvalue weighted by Gasteiger charge is -2.25. The van der Waals surface area contributed by atoms with E-state index in [0.29, 0.717) is 5.92 Å². The first-order chi connectivity index (χ1) is 13.3. The molecule has 0 saturated heterocycles. The maximum absolute atomic E-state index is 3.43. The van der Waals surface area contributed by atoms with Gasteiger partial charge in [0.2, 0.25) is 0 Å². The Morgan fingerprint density at radius 2 is 1.56 bits per heavy atom. The van der Waals surface area contributed by atoms with E-state index in [-0.39, 0.29) is 0 Å². The highest BCUT2D eigenvalue weighted by Gasteiger charge is 2.19. The number of hydrogen-bond donors (Lipinski definition) is 0. The van der Waals surface area contributed by atoms with Crippen molar-refractivity contribution >= 4 is 0 Å². The fourth-order valence-corrected chi connectivity index (χ4v) is 3.79. The van der Waals surface area contributed by atoms with Gasteiger partial charge < -0.3 is 0 Å². The van der Waals surface area contributed by atoms with Crippen molar-refractivity contribution in [3.05, 3.63) is 47.5 Å². The standard InChI is InChI=1S/C27H36/c1-3-5-9-13-25-20-22-27(23-21-25)15-11-8-7-10-14-26-18-16-24(17-19-26)12-6-4-2/h7-8,16-19,25,27H,3-6,9,12-13,20-23H2,1-2H3/b8-7+/t25-,27-. The van der Waals surface area contributed by atoms with E-state index in [9.17, 15) is 0 Å². The van der Waals surface area contributed by atoms with Gasteiger partial charge in [-0.2, -0.15) is 0 Å². The second-order valence-corrected chi connectivity index (χ2v) is 7.91. The summed E-state index contributed by atoms with van der Waals surface area (Å²) in [5.41, 5.74) is 2.48. The van der Waals surface area contributed by atoms with Crippen LogP contribution < -0.4 is 0 Å². The first-order valence-electron chi connectivity index (χ1n) is 11.1. The molecule has 0 radical (unpaired) electrons. The van der Waals surface area contributed by atoms with Gasteiger partial charge in [0.1, 0.15) is 0 Å². The van der Waals surface area contributed by atoms with Crippen LogP contribution in [0.2, 0.25) is 0 Å². The Bertz CT molecular complexity index is 661. The lowest BCUT2D eigenvalue weighted by molar-refractivity contribution is 0.294. The van der Waals surface area contributed by atoms with E-state index in [4.69, 9.17) is 0 Å². The summed E-state index contributed by atoms with van der Waals surface area (Å²) in [6, 6.07) is 8.64. The Balaban J connectivity index is 1.69. The molecule has 0 aliphatic heterocycles. The maximum Gasteiger partial charge on any atom is 0.0249 e. The van der Waals surface area contributed by atoms with Crippen molar-refractivity contribution in [1.82, 2.24) is 0 Å². The zero-order valence-electron chi connectivity index (χ0n) is 17.4. The smallest absolute Gasteiger partial charge is 0.0249 e. The lowest BCUT2D eigenvalue weighted by Crippen LogP contribution is -2.13. The molecule has 0 heterocycles. The molecule has 0 spiro atoms. The molecule has 0 amide bonds. The van der Waals surface area contributed by atoms with Gasteiger partial charge in [0.25, 0.3) is 0 Å². The van der Waals surface area contributed by atoms with Gasteiger partial charge in [0, 0.05) is 11.5 Å². The van der Waals surface area contributed by atoms with E-state index in [0.717, 1.165) is 11.5 Å². The molecule has 144 valence electrons. The number of hydrogen-bond acceptors (Lipinski definition) is 0.